The van der Waals surface area contributed by atoms with Gasteiger partial charge in [-0.25, -0.2) is 0 Å². The molecule has 1 atom stereocenters. The van der Waals surface area contributed by atoms with Gasteiger partial charge in [0.2, 0.25) is 0 Å². The van der Waals surface area contributed by atoms with E-state index < -0.39 is 0 Å². The Morgan fingerprint density at radius 2 is 2.11 bits per heavy atom. The zero-order valence-electron chi connectivity index (χ0n) is 11.9. The number of nitrogen functional groups attached to an aromatic ring is 1. The lowest BCUT2D eigenvalue weighted by Gasteiger charge is -2.18. The third kappa shape index (κ3) is 3.58. The zero-order chi connectivity index (χ0) is 13.8. The number of nitrogens with zero attached hydrogens (tertiary/aromatic N) is 2. The number of nitrogens with one attached hydrogen (secondary N) is 1. The number of rotatable bonds is 5. The molecule has 0 aliphatic carbocycles. The highest BCUT2D eigenvalue weighted by atomic mass is 15.1. The number of pyridine rings is 1. The first-order valence-corrected chi connectivity index (χ1v) is 6.62. The van der Waals surface area contributed by atoms with Crippen LogP contribution in [-0.4, -0.2) is 36.6 Å². The maximum atomic E-state index is 5.79. The van der Waals surface area contributed by atoms with E-state index in [0.717, 1.165) is 35.2 Å². The quantitative estimate of drug-likeness (QED) is 0.809. The van der Waals surface area contributed by atoms with Crippen molar-refractivity contribution in [1.29, 1.82) is 0 Å². The molecule has 0 bridgehead atoms. The van der Waals surface area contributed by atoms with Crippen molar-refractivity contribution in [2.45, 2.75) is 19.4 Å². The van der Waals surface area contributed by atoms with Crippen molar-refractivity contribution in [2.24, 2.45) is 0 Å². The van der Waals surface area contributed by atoms with Crippen molar-refractivity contribution in [1.82, 2.24) is 9.88 Å². The van der Waals surface area contributed by atoms with Gasteiger partial charge in [0.25, 0.3) is 0 Å². The molecule has 1 aromatic carbocycles. The van der Waals surface area contributed by atoms with Crippen LogP contribution < -0.4 is 11.1 Å². The molecule has 2 rings (SSSR count). The van der Waals surface area contributed by atoms with Gasteiger partial charge in [0.05, 0.1) is 5.52 Å². The molecule has 102 valence electrons. The van der Waals surface area contributed by atoms with Crippen molar-refractivity contribution in [3.8, 4) is 0 Å². The van der Waals surface area contributed by atoms with Gasteiger partial charge in [-0.05, 0) is 58.3 Å². The molecule has 1 aromatic heterocycles. The first kappa shape index (κ1) is 13.6. The fourth-order valence-electron chi connectivity index (χ4n) is 2.08. The fourth-order valence-corrected chi connectivity index (χ4v) is 2.08. The van der Waals surface area contributed by atoms with Crippen LogP contribution in [0.5, 0.6) is 0 Å². The van der Waals surface area contributed by atoms with E-state index in [4.69, 9.17) is 5.73 Å². The lowest BCUT2D eigenvalue weighted by atomic mass is 10.1. The number of hydrogen-bond acceptors (Lipinski definition) is 4. The smallest absolute Gasteiger partial charge is 0.0743 e. The largest absolute Gasteiger partial charge is 0.399 e. The van der Waals surface area contributed by atoms with E-state index in [9.17, 15) is 0 Å². The van der Waals surface area contributed by atoms with Crippen molar-refractivity contribution >= 4 is 22.3 Å². The predicted molar refractivity (Wildman–Crippen MR) is 82.4 cm³/mol. The second-order valence-electron chi connectivity index (χ2n) is 5.27. The summed E-state index contributed by atoms with van der Waals surface area (Å²) in [6.45, 7) is 3.27. The predicted octanol–water partition coefficient (Wildman–Crippen LogP) is 2.57. The first-order chi connectivity index (χ1) is 9.06. The van der Waals surface area contributed by atoms with E-state index >= 15 is 0 Å². The summed E-state index contributed by atoms with van der Waals surface area (Å²) in [5, 5.41) is 4.67. The van der Waals surface area contributed by atoms with Crippen LogP contribution in [0.3, 0.4) is 0 Å². The summed E-state index contributed by atoms with van der Waals surface area (Å²) in [7, 11) is 4.19. The van der Waals surface area contributed by atoms with Crippen LogP contribution in [0.15, 0.2) is 30.5 Å². The lowest BCUT2D eigenvalue weighted by Crippen LogP contribution is -2.23. The molecule has 4 heteroatoms. The summed E-state index contributed by atoms with van der Waals surface area (Å²) >= 11 is 0. The van der Waals surface area contributed by atoms with E-state index in [0.29, 0.717) is 6.04 Å². The van der Waals surface area contributed by atoms with Crippen LogP contribution >= 0.6 is 0 Å². The van der Waals surface area contributed by atoms with Gasteiger partial charge in [0.1, 0.15) is 0 Å². The topological polar surface area (TPSA) is 54.2 Å². The molecule has 0 amide bonds. The van der Waals surface area contributed by atoms with Gasteiger partial charge < -0.3 is 16.0 Å². The fraction of sp³-hybridized carbons (Fsp3) is 0.400. The minimum absolute atomic E-state index is 0.422. The standard InChI is InChI=1S/C15H22N4/c1-11(7-9-19(2)3)18-14-6-8-17-15-10-12(16)4-5-13(14)15/h4-6,8,10-11H,7,9,16H2,1-3H3,(H,17,18). The van der Waals surface area contributed by atoms with Crippen LogP contribution in [0.1, 0.15) is 13.3 Å². The summed E-state index contributed by atoms with van der Waals surface area (Å²) in [5.41, 5.74) is 8.59. The minimum atomic E-state index is 0.422. The molecular formula is C15H22N4. The Kier molecular flexibility index (Phi) is 4.22. The van der Waals surface area contributed by atoms with E-state index in [1.807, 2.05) is 30.5 Å². The second-order valence-corrected chi connectivity index (χ2v) is 5.27. The SMILES string of the molecule is CC(CCN(C)C)Nc1ccnc2cc(N)ccc12. The number of anilines is 2. The average molecular weight is 258 g/mol. The summed E-state index contributed by atoms with van der Waals surface area (Å²) in [6, 6.07) is 8.29. The van der Waals surface area contributed by atoms with Gasteiger partial charge in [-0.15, -0.1) is 0 Å². The summed E-state index contributed by atoms with van der Waals surface area (Å²) < 4.78 is 0. The number of fused-ring (bicyclic) bond motifs is 1. The van der Waals surface area contributed by atoms with E-state index in [1.165, 1.54) is 0 Å². The highest BCUT2D eigenvalue weighted by Gasteiger charge is 2.06. The highest BCUT2D eigenvalue weighted by Crippen LogP contribution is 2.24. The normalized spacial score (nSPS) is 12.8. The Morgan fingerprint density at radius 1 is 1.32 bits per heavy atom. The Hall–Kier alpha value is -1.81. The second kappa shape index (κ2) is 5.89. The molecule has 19 heavy (non-hydrogen) atoms. The van der Waals surface area contributed by atoms with Gasteiger partial charge in [-0.1, -0.05) is 0 Å². The van der Waals surface area contributed by atoms with Gasteiger partial charge >= 0.3 is 0 Å². The van der Waals surface area contributed by atoms with Gasteiger partial charge in [0, 0.05) is 29.0 Å². The molecule has 0 radical (unpaired) electrons. The summed E-state index contributed by atoms with van der Waals surface area (Å²) in [6.07, 6.45) is 2.93. The first-order valence-electron chi connectivity index (χ1n) is 6.62. The van der Waals surface area contributed by atoms with Crippen LogP contribution in [0.4, 0.5) is 11.4 Å². The maximum absolute atomic E-state index is 5.79. The van der Waals surface area contributed by atoms with Crippen molar-refractivity contribution in [3.63, 3.8) is 0 Å². The Labute approximate surface area is 114 Å². The van der Waals surface area contributed by atoms with Gasteiger partial charge in [-0.2, -0.15) is 0 Å². The zero-order valence-corrected chi connectivity index (χ0v) is 11.9. The molecule has 0 spiro atoms. The lowest BCUT2D eigenvalue weighted by molar-refractivity contribution is 0.390. The van der Waals surface area contributed by atoms with E-state index in [1.54, 1.807) is 0 Å². The number of nitrogens with two attached hydrogens (primary N) is 1. The Balaban J connectivity index is 2.16. The number of benzene rings is 1. The van der Waals surface area contributed by atoms with E-state index in [2.05, 4.69) is 36.2 Å². The van der Waals surface area contributed by atoms with Crippen LogP contribution in [0.2, 0.25) is 0 Å². The van der Waals surface area contributed by atoms with E-state index in [-0.39, 0.29) is 0 Å². The third-order valence-electron chi connectivity index (χ3n) is 3.18. The molecule has 0 aliphatic heterocycles. The molecule has 0 fully saturated rings. The monoisotopic (exact) mass is 258 g/mol. The number of hydrogen-bond donors (Lipinski definition) is 2. The Morgan fingerprint density at radius 3 is 2.84 bits per heavy atom. The molecular weight excluding hydrogens is 236 g/mol. The maximum Gasteiger partial charge on any atom is 0.0743 e. The average Bonchev–Trinajstić information content (AvgIpc) is 2.36. The molecule has 1 unspecified atom stereocenters. The third-order valence-corrected chi connectivity index (χ3v) is 3.18. The van der Waals surface area contributed by atoms with Gasteiger partial charge in [-0.3, -0.25) is 4.98 Å². The highest BCUT2D eigenvalue weighted by molar-refractivity contribution is 5.92. The Bertz CT molecular complexity index is 551. The van der Waals surface area contributed by atoms with Crippen LogP contribution in [0.25, 0.3) is 10.9 Å². The molecule has 0 saturated carbocycles. The molecule has 4 nitrogen and oxygen atoms in total. The molecule has 2 aromatic rings. The van der Waals surface area contributed by atoms with Crippen molar-refractivity contribution < 1.29 is 0 Å². The van der Waals surface area contributed by atoms with Crippen molar-refractivity contribution in [2.75, 3.05) is 31.7 Å². The molecule has 3 N–H and O–H groups in total. The molecule has 0 aliphatic rings. The summed E-state index contributed by atoms with van der Waals surface area (Å²) in [5.74, 6) is 0. The van der Waals surface area contributed by atoms with Gasteiger partial charge in [0.15, 0.2) is 0 Å². The summed E-state index contributed by atoms with van der Waals surface area (Å²) in [4.78, 5) is 6.55. The number of aromatic nitrogens is 1. The molecule has 1 heterocycles. The minimum Gasteiger partial charge on any atom is -0.399 e. The van der Waals surface area contributed by atoms with Crippen LogP contribution in [-0.2, 0) is 0 Å². The molecule has 0 saturated heterocycles. The van der Waals surface area contributed by atoms with Crippen LogP contribution in [0, 0.1) is 0 Å². The van der Waals surface area contributed by atoms with Crippen molar-refractivity contribution in [3.05, 3.63) is 30.5 Å².